The molecule has 0 aliphatic rings. The first kappa shape index (κ1) is 12.2. The summed E-state index contributed by atoms with van der Waals surface area (Å²) in [5.41, 5.74) is 9.58. The van der Waals surface area contributed by atoms with Gasteiger partial charge in [0.15, 0.2) is 0 Å². The number of benzene rings is 1. The first-order valence-corrected chi connectivity index (χ1v) is 5.60. The second-order valence-electron chi connectivity index (χ2n) is 3.98. The van der Waals surface area contributed by atoms with Gasteiger partial charge in [0, 0.05) is 11.6 Å². The summed E-state index contributed by atoms with van der Waals surface area (Å²) in [7, 11) is 0. The number of fused-ring (bicyclic) bond motifs is 1. The van der Waals surface area contributed by atoms with Crippen molar-refractivity contribution in [1.82, 2.24) is 10.4 Å². The van der Waals surface area contributed by atoms with Crippen LogP contribution in [-0.2, 0) is 4.79 Å². The Bertz CT molecular complexity index is 592. The highest BCUT2D eigenvalue weighted by Crippen LogP contribution is 2.11. The number of amides is 1. The van der Waals surface area contributed by atoms with Crippen molar-refractivity contribution in [3.8, 4) is 0 Å². The van der Waals surface area contributed by atoms with E-state index in [0.29, 0.717) is 0 Å². The van der Waals surface area contributed by atoms with Crippen LogP contribution < -0.4 is 11.2 Å². The molecule has 0 radical (unpaired) electrons. The number of carbonyl (C=O) groups excluding carboxylic acids is 1. The molecule has 92 valence electrons. The minimum atomic E-state index is -0.567. The highest BCUT2D eigenvalue weighted by molar-refractivity contribution is 5.89. The monoisotopic (exact) mass is 242 g/mol. The predicted octanol–water partition coefficient (Wildman–Crippen LogP) is 1.03. The van der Waals surface area contributed by atoms with Crippen LogP contribution in [0.15, 0.2) is 41.6 Å². The Morgan fingerprint density at radius 1 is 1.50 bits per heavy atom. The summed E-state index contributed by atoms with van der Waals surface area (Å²) in [4.78, 5) is 15.4. The molecule has 1 unspecified atom stereocenters. The largest absolute Gasteiger partial charge is 0.320 e. The summed E-state index contributed by atoms with van der Waals surface area (Å²) in [5, 5.41) is 4.87. The zero-order chi connectivity index (χ0) is 13.0. The van der Waals surface area contributed by atoms with Crippen LogP contribution >= 0.6 is 0 Å². The van der Waals surface area contributed by atoms with Gasteiger partial charge in [-0.1, -0.05) is 12.1 Å². The van der Waals surface area contributed by atoms with E-state index in [9.17, 15) is 4.79 Å². The molecule has 1 aromatic heterocycles. The molecule has 1 heterocycles. The second-order valence-corrected chi connectivity index (χ2v) is 3.98. The lowest BCUT2D eigenvalue weighted by molar-refractivity contribution is -0.121. The molecular weight excluding hydrogens is 228 g/mol. The molecule has 0 aliphatic heterocycles. The lowest BCUT2D eigenvalue weighted by atomic mass is 10.1. The van der Waals surface area contributed by atoms with Gasteiger partial charge in [0.05, 0.1) is 17.8 Å². The van der Waals surface area contributed by atoms with Gasteiger partial charge < -0.3 is 5.73 Å². The van der Waals surface area contributed by atoms with Gasteiger partial charge in [-0.3, -0.25) is 9.78 Å². The number of hydrogen-bond acceptors (Lipinski definition) is 4. The number of carbonyl (C=O) groups is 1. The Kier molecular flexibility index (Phi) is 3.64. The van der Waals surface area contributed by atoms with Gasteiger partial charge in [0.1, 0.15) is 0 Å². The van der Waals surface area contributed by atoms with Crippen molar-refractivity contribution in [3.05, 3.63) is 42.1 Å². The van der Waals surface area contributed by atoms with E-state index in [1.165, 1.54) is 0 Å². The standard InChI is InChI=1S/C13H14N4O/c1-9(14)13(18)17-16-8-10-4-5-12-11(7-10)3-2-6-15-12/h2-9H,14H2,1H3,(H,17,18). The average molecular weight is 242 g/mol. The summed E-state index contributed by atoms with van der Waals surface area (Å²) in [6.45, 7) is 1.60. The predicted molar refractivity (Wildman–Crippen MR) is 71.1 cm³/mol. The minimum absolute atomic E-state index is 0.311. The van der Waals surface area contributed by atoms with Crippen LogP contribution in [-0.4, -0.2) is 23.1 Å². The molecule has 2 aromatic rings. The third-order valence-corrected chi connectivity index (χ3v) is 2.43. The van der Waals surface area contributed by atoms with E-state index in [-0.39, 0.29) is 5.91 Å². The second kappa shape index (κ2) is 5.37. The number of nitrogens with one attached hydrogen (secondary N) is 1. The fourth-order valence-corrected chi connectivity index (χ4v) is 1.45. The number of rotatable bonds is 3. The normalized spacial score (nSPS) is 12.8. The van der Waals surface area contributed by atoms with Crippen molar-refractivity contribution in [3.63, 3.8) is 0 Å². The van der Waals surface area contributed by atoms with Gasteiger partial charge in [-0.25, -0.2) is 5.43 Å². The van der Waals surface area contributed by atoms with Gasteiger partial charge in [0.25, 0.3) is 5.91 Å². The molecule has 0 saturated carbocycles. The number of nitrogens with zero attached hydrogens (tertiary/aromatic N) is 2. The maximum absolute atomic E-state index is 11.2. The Hall–Kier alpha value is -2.27. The highest BCUT2D eigenvalue weighted by atomic mass is 16.2. The molecule has 0 fully saturated rings. The molecule has 1 amide bonds. The molecule has 1 atom stereocenters. The number of aromatic nitrogens is 1. The summed E-state index contributed by atoms with van der Waals surface area (Å²) >= 11 is 0. The fraction of sp³-hybridized carbons (Fsp3) is 0.154. The van der Waals surface area contributed by atoms with E-state index in [0.717, 1.165) is 16.5 Å². The van der Waals surface area contributed by atoms with Crippen molar-refractivity contribution in [2.75, 3.05) is 0 Å². The Labute approximate surface area is 105 Å². The average Bonchev–Trinajstić information content (AvgIpc) is 2.38. The number of pyridine rings is 1. The summed E-state index contributed by atoms with van der Waals surface area (Å²) in [6, 6.07) is 9.02. The van der Waals surface area contributed by atoms with Gasteiger partial charge in [-0.15, -0.1) is 0 Å². The van der Waals surface area contributed by atoms with E-state index in [1.54, 1.807) is 19.3 Å². The van der Waals surface area contributed by atoms with Gasteiger partial charge in [-0.05, 0) is 30.7 Å². The molecule has 0 bridgehead atoms. The van der Waals surface area contributed by atoms with Crippen LogP contribution in [0.4, 0.5) is 0 Å². The number of hydrazone groups is 1. The molecule has 0 aliphatic carbocycles. The molecule has 0 saturated heterocycles. The van der Waals surface area contributed by atoms with Crippen LogP contribution in [0.5, 0.6) is 0 Å². The zero-order valence-corrected chi connectivity index (χ0v) is 10.00. The Morgan fingerprint density at radius 3 is 3.11 bits per heavy atom. The smallest absolute Gasteiger partial charge is 0.256 e. The highest BCUT2D eigenvalue weighted by Gasteiger charge is 2.04. The third kappa shape index (κ3) is 2.89. The molecule has 1 aromatic carbocycles. The molecule has 2 rings (SSSR count). The van der Waals surface area contributed by atoms with Crippen molar-refractivity contribution in [2.45, 2.75) is 13.0 Å². The van der Waals surface area contributed by atoms with Crippen molar-refractivity contribution < 1.29 is 4.79 Å². The molecule has 18 heavy (non-hydrogen) atoms. The molecule has 0 spiro atoms. The number of nitrogens with two attached hydrogens (primary N) is 1. The van der Waals surface area contributed by atoms with E-state index >= 15 is 0 Å². The summed E-state index contributed by atoms with van der Waals surface area (Å²) in [5.74, 6) is -0.311. The zero-order valence-electron chi connectivity index (χ0n) is 10.00. The van der Waals surface area contributed by atoms with E-state index in [4.69, 9.17) is 5.73 Å². The molecule has 5 nitrogen and oxygen atoms in total. The van der Waals surface area contributed by atoms with Crippen LogP contribution in [0, 0.1) is 0 Å². The summed E-state index contributed by atoms with van der Waals surface area (Å²) < 4.78 is 0. The van der Waals surface area contributed by atoms with E-state index in [2.05, 4.69) is 15.5 Å². The first-order chi connectivity index (χ1) is 8.66. The van der Waals surface area contributed by atoms with Gasteiger partial charge in [-0.2, -0.15) is 5.10 Å². The topological polar surface area (TPSA) is 80.4 Å². The van der Waals surface area contributed by atoms with Gasteiger partial charge >= 0.3 is 0 Å². The lowest BCUT2D eigenvalue weighted by Crippen LogP contribution is -2.35. The maximum Gasteiger partial charge on any atom is 0.256 e. The van der Waals surface area contributed by atoms with Crippen LogP contribution in [0.25, 0.3) is 10.9 Å². The van der Waals surface area contributed by atoms with E-state index in [1.807, 2.05) is 30.3 Å². The molecule has 5 heteroatoms. The van der Waals surface area contributed by atoms with Crippen molar-refractivity contribution in [2.24, 2.45) is 10.8 Å². The van der Waals surface area contributed by atoms with Gasteiger partial charge in [0.2, 0.25) is 0 Å². The number of hydrogen-bond donors (Lipinski definition) is 2. The first-order valence-electron chi connectivity index (χ1n) is 5.60. The fourth-order valence-electron chi connectivity index (χ4n) is 1.45. The van der Waals surface area contributed by atoms with Crippen LogP contribution in [0.2, 0.25) is 0 Å². The Balaban J connectivity index is 2.12. The summed E-state index contributed by atoms with van der Waals surface area (Å²) in [6.07, 6.45) is 3.33. The molecule has 3 N–H and O–H groups in total. The lowest BCUT2D eigenvalue weighted by Gasteiger charge is -2.02. The maximum atomic E-state index is 11.2. The Morgan fingerprint density at radius 2 is 2.33 bits per heavy atom. The SMILES string of the molecule is CC(N)C(=O)NN=Cc1ccc2ncccc2c1. The van der Waals surface area contributed by atoms with Crippen molar-refractivity contribution >= 4 is 23.0 Å². The minimum Gasteiger partial charge on any atom is -0.320 e. The third-order valence-electron chi connectivity index (χ3n) is 2.43. The van der Waals surface area contributed by atoms with Crippen molar-refractivity contribution in [1.29, 1.82) is 0 Å². The quantitative estimate of drug-likeness (QED) is 0.623. The van der Waals surface area contributed by atoms with Crippen LogP contribution in [0.1, 0.15) is 12.5 Å². The van der Waals surface area contributed by atoms with E-state index < -0.39 is 6.04 Å². The molecular formula is C13H14N4O. The van der Waals surface area contributed by atoms with Crippen LogP contribution in [0.3, 0.4) is 0 Å².